The lowest BCUT2D eigenvalue weighted by atomic mass is 10.2. The van der Waals surface area contributed by atoms with Gasteiger partial charge in [-0.3, -0.25) is 19.2 Å². The molecule has 0 aliphatic heterocycles. The maximum atomic E-state index is 11.7. The minimum atomic E-state index is -1.72. The molecule has 0 aromatic heterocycles. The second-order valence-corrected chi connectivity index (χ2v) is 4.67. The number of amides is 3. The van der Waals surface area contributed by atoms with Crippen LogP contribution in [0.1, 0.15) is 13.3 Å². The summed E-state index contributed by atoms with van der Waals surface area (Å²) < 4.78 is 0. The molecule has 0 aliphatic rings. The SMILES string of the molecule is CC(=O)Nc1ccc(NC(=O)C(=O)NC(CC(=O)O)C(=O)O)cc1. The van der Waals surface area contributed by atoms with Gasteiger partial charge in [0.1, 0.15) is 6.04 Å². The third kappa shape index (κ3) is 6.13. The molecule has 0 saturated carbocycles. The Morgan fingerprint density at radius 3 is 1.83 bits per heavy atom. The van der Waals surface area contributed by atoms with Crippen LogP contribution in [0.4, 0.5) is 11.4 Å². The van der Waals surface area contributed by atoms with Crippen molar-refractivity contribution in [2.75, 3.05) is 10.6 Å². The first kappa shape index (κ1) is 18.6. The maximum Gasteiger partial charge on any atom is 0.326 e. The van der Waals surface area contributed by atoms with Gasteiger partial charge < -0.3 is 26.2 Å². The van der Waals surface area contributed by atoms with E-state index in [1.807, 2.05) is 5.32 Å². The normalized spacial score (nSPS) is 11.0. The molecule has 1 unspecified atom stereocenters. The highest BCUT2D eigenvalue weighted by Crippen LogP contribution is 2.13. The van der Waals surface area contributed by atoms with E-state index < -0.39 is 36.2 Å². The monoisotopic (exact) mass is 337 g/mol. The number of rotatable bonds is 6. The molecule has 5 N–H and O–H groups in total. The molecule has 0 heterocycles. The van der Waals surface area contributed by atoms with E-state index in [1.165, 1.54) is 31.2 Å². The van der Waals surface area contributed by atoms with Gasteiger partial charge in [0.05, 0.1) is 6.42 Å². The molecule has 3 amide bonds. The van der Waals surface area contributed by atoms with Gasteiger partial charge in [0.2, 0.25) is 5.91 Å². The minimum Gasteiger partial charge on any atom is -0.481 e. The van der Waals surface area contributed by atoms with Gasteiger partial charge in [-0.05, 0) is 24.3 Å². The molecule has 10 heteroatoms. The van der Waals surface area contributed by atoms with E-state index in [9.17, 15) is 24.0 Å². The van der Waals surface area contributed by atoms with Crippen molar-refractivity contribution in [1.29, 1.82) is 0 Å². The summed E-state index contributed by atoms with van der Waals surface area (Å²) >= 11 is 0. The van der Waals surface area contributed by atoms with Crippen molar-refractivity contribution >= 4 is 41.0 Å². The number of carbonyl (C=O) groups is 5. The smallest absolute Gasteiger partial charge is 0.326 e. The molecule has 128 valence electrons. The number of nitrogens with one attached hydrogen (secondary N) is 3. The molecule has 0 saturated heterocycles. The van der Waals surface area contributed by atoms with Crippen LogP contribution in [0.25, 0.3) is 0 Å². The number of aliphatic carboxylic acids is 2. The van der Waals surface area contributed by atoms with E-state index in [0.717, 1.165) is 0 Å². The summed E-state index contributed by atoms with van der Waals surface area (Å²) in [6.07, 6.45) is -0.861. The number of carbonyl (C=O) groups excluding carboxylic acids is 3. The van der Waals surface area contributed by atoms with Gasteiger partial charge in [-0.1, -0.05) is 0 Å². The zero-order valence-electron chi connectivity index (χ0n) is 12.5. The van der Waals surface area contributed by atoms with Crippen LogP contribution < -0.4 is 16.0 Å². The number of hydrogen-bond donors (Lipinski definition) is 5. The van der Waals surface area contributed by atoms with Gasteiger partial charge in [0.15, 0.2) is 0 Å². The van der Waals surface area contributed by atoms with Crippen LogP contribution in [0.2, 0.25) is 0 Å². The third-order valence-electron chi connectivity index (χ3n) is 2.65. The Labute approximate surface area is 135 Å². The van der Waals surface area contributed by atoms with Gasteiger partial charge >= 0.3 is 23.8 Å². The molecule has 0 fully saturated rings. The fourth-order valence-electron chi connectivity index (χ4n) is 1.63. The van der Waals surface area contributed by atoms with Gasteiger partial charge in [0, 0.05) is 18.3 Å². The van der Waals surface area contributed by atoms with Crippen molar-refractivity contribution in [3.05, 3.63) is 24.3 Å². The first-order valence-corrected chi connectivity index (χ1v) is 6.63. The molecule has 0 spiro atoms. The lowest BCUT2D eigenvalue weighted by Gasteiger charge is -2.12. The van der Waals surface area contributed by atoms with Crippen LogP contribution in [0.5, 0.6) is 0 Å². The maximum absolute atomic E-state index is 11.7. The van der Waals surface area contributed by atoms with Crippen LogP contribution in [-0.2, 0) is 24.0 Å². The Hall–Kier alpha value is -3.43. The van der Waals surface area contributed by atoms with Gasteiger partial charge in [-0.2, -0.15) is 0 Å². The number of carboxylic acids is 2. The Balaban J connectivity index is 2.66. The Kier molecular flexibility index (Phi) is 6.41. The largest absolute Gasteiger partial charge is 0.481 e. The molecule has 0 bridgehead atoms. The first-order chi connectivity index (χ1) is 11.2. The van der Waals surface area contributed by atoms with Crippen LogP contribution in [0, 0.1) is 0 Å². The summed E-state index contributed by atoms with van der Waals surface area (Å²) in [5.41, 5.74) is 0.715. The fraction of sp³-hybridized carbons (Fsp3) is 0.214. The average Bonchev–Trinajstić information content (AvgIpc) is 2.47. The van der Waals surface area contributed by atoms with E-state index in [1.54, 1.807) is 0 Å². The summed E-state index contributed by atoms with van der Waals surface area (Å²) in [6.45, 7) is 1.33. The zero-order chi connectivity index (χ0) is 18.3. The number of benzene rings is 1. The minimum absolute atomic E-state index is 0.231. The fourth-order valence-corrected chi connectivity index (χ4v) is 1.63. The zero-order valence-corrected chi connectivity index (χ0v) is 12.5. The van der Waals surface area contributed by atoms with Crippen molar-refractivity contribution in [2.24, 2.45) is 0 Å². The molecule has 1 atom stereocenters. The highest BCUT2D eigenvalue weighted by Gasteiger charge is 2.26. The molecular weight excluding hydrogens is 322 g/mol. The standard InChI is InChI=1S/C14H15N3O7/c1-7(18)15-8-2-4-9(5-3-8)16-12(21)13(22)17-10(14(23)24)6-11(19)20/h2-5,10H,6H2,1H3,(H,15,18)(H,16,21)(H,17,22)(H,19,20)(H,23,24). The summed E-state index contributed by atoms with van der Waals surface area (Å²) in [5.74, 6) is -5.72. The van der Waals surface area contributed by atoms with Gasteiger partial charge in [0.25, 0.3) is 0 Å². The van der Waals surface area contributed by atoms with Gasteiger partial charge in [-0.25, -0.2) is 4.79 Å². The molecule has 0 aliphatic carbocycles. The summed E-state index contributed by atoms with van der Waals surface area (Å²) in [5, 5.41) is 23.9. The second kappa shape index (κ2) is 8.27. The topological polar surface area (TPSA) is 162 Å². The quantitative estimate of drug-likeness (QED) is 0.442. The highest BCUT2D eigenvalue weighted by atomic mass is 16.4. The lowest BCUT2D eigenvalue weighted by molar-refractivity contribution is -0.148. The molecule has 1 rings (SSSR count). The van der Waals surface area contributed by atoms with E-state index in [-0.39, 0.29) is 11.6 Å². The molecule has 1 aromatic rings. The Morgan fingerprint density at radius 2 is 1.42 bits per heavy atom. The van der Waals surface area contributed by atoms with Crippen molar-refractivity contribution in [2.45, 2.75) is 19.4 Å². The molecule has 10 nitrogen and oxygen atoms in total. The Morgan fingerprint density at radius 1 is 0.917 bits per heavy atom. The van der Waals surface area contributed by atoms with Crippen molar-refractivity contribution in [3.63, 3.8) is 0 Å². The van der Waals surface area contributed by atoms with Crippen LogP contribution in [0.15, 0.2) is 24.3 Å². The van der Waals surface area contributed by atoms with E-state index in [0.29, 0.717) is 5.69 Å². The van der Waals surface area contributed by atoms with Crippen molar-refractivity contribution < 1.29 is 34.2 Å². The molecular formula is C14H15N3O7. The number of hydrogen-bond acceptors (Lipinski definition) is 5. The highest BCUT2D eigenvalue weighted by molar-refractivity contribution is 6.40. The predicted molar refractivity (Wildman–Crippen MR) is 81.2 cm³/mol. The molecule has 0 radical (unpaired) electrons. The molecule has 1 aromatic carbocycles. The lowest BCUT2D eigenvalue weighted by Crippen LogP contribution is -2.46. The molecule has 24 heavy (non-hydrogen) atoms. The summed E-state index contributed by atoms with van der Waals surface area (Å²) in [6, 6.07) is 4.09. The van der Waals surface area contributed by atoms with E-state index in [2.05, 4.69) is 10.6 Å². The summed E-state index contributed by atoms with van der Waals surface area (Å²) in [4.78, 5) is 55.5. The Bertz CT molecular complexity index is 669. The third-order valence-corrected chi connectivity index (χ3v) is 2.65. The number of carboxylic acid groups (broad SMARTS) is 2. The van der Waals surface area contributed by atoms with Crippen LogP contribution in [-0.4, -0.2) is 45.9 Å². The number of anilines is 2. The average molecular weight is 337 g/mol. The van der Waals surface area contributed by atoms with Gasteiger partial charge in [-0.15, -0.1) is 0 Å². The van der Waals surface area contributed by atoms with Crippen molar-refractivity contribution in [1.82, 2.24) is 5.32 Å². The van der Waals surface area contributed by atoms with Crippen LogP contribution in [0.3, 0.4) is 0 Å². The first-order valence-electron chi connectivity index (χ1n) is 6.63. The van der Waals surface area contributed by atoms with Crippen molar-refractivity contribution in [3.8, 4) is 0 Å². The predicted octanol–water partition coefficient (Wildman–Crippen LogP) is -0.372. The van der Waals surface area contributed by atoms with E-state index >= 15 is 0 Å². The summed E-state index contributed by atoms with van der Waals surface area (Å²) in [7, 11) is 0. The second-order valence-electron chi connectivity index (χ2n) is 4.67. The van der Waals surface area contributed by atoms with E-state index in [4.69, 9.17) is 10.2 Å². The van der Waals surface area contributed by atoms with Crippen LogP contribution >= 0.6 is 0 Å².